The molecule has 1 N–H and O–H groups in total. The quantitative estimate of drug-likeness (QED) is 0.310. The highest BCUT2D eigenvalue weighted by Gasteiger charge is 2.13. The zero-order valence-electron chi connectivity index (χ0n) is 16.7. The van der Waals surface area contributed by atoms with Crippen LogP contribution in [0.1, 0.15) is 16.7 Å². The summed E-state index contributed by atoms with van der Waals surface area (Å²) in [5, 5.41) is 5.33. The molecule has 3 aromatic carbocycles. The summed E-state index contributed by atoms with van der Waals surface area (Å²) in [6.07, 6.45) is 0.764. The van der Waals surface area contributed by atoms with Crippen molar-refractivity contribution in [2.24, 2.45) is 0 Å². The zero-order valence-corrected chi connectivity index (χ0v) is 19.7. The van der Waals surface area contributed by atoms with Crippen LogP contribution >= 0.6 is 46.4 Å². The molecular formula is C23H20Cl4FNO2. The fourth-order valence-corrected chi connectivity index (χ4v) is 4.00. The predicted octanol–water partition coefficient (Wildman–Crippen LogP) is 7.36. The lowest BCUT2D eigenvalue weighted by atomic mass is 10.1. The van der Waals surface area contributed by atoms with Gasteiger partial charge in [0, 0.05) is 22.2 Å². The summed E-state index contributed by atoms with van der Waals surface area (Å²) in [5.74, 6) is 0.504. The highest BCUT2D eigenvalue weighted by Crippen LogP contribution is 2.37. The summed E-state index contributed by atoms with van der Waals surface area (Å²) in [5.41, 5.74) is 2.61. The van der Waals surface area contributed by atoms with Gasteiger partial charge in [-0.15, -0.1) is 0 Å². The van der Waals surface area contributed by atoms with Gasteiger partial charge in [-0.25, -0.2) is 4.39 Å². The van der Waals surface area contributed by atoms with Crippen LogP contribution in [0.15, 0.2) is 48.5 Å². The molecule has 0 unspecified atom stereocenters. The lowest BCUT2D eigenvalue weighted by Gasteiger charge is -2.15. The summed E-state index contributed by atoms with van der Waals surface area (Å²) in [7, 11) is 1.54. The second-order valence-electron chi connectivity index (χ2n) is 6.80. The number of benzene rings is 3. The third-order valence-electron chi connectivity index (χ3n) is 4.59. The number of hydrogen-bond acceptors (Lipinski definition) is 3. The molecule has 164 valence electrons. The highest BCUT2D eigenvalue weighted by atomic mass is 35.5. The van der Waals surface area contributed by atoms with Crippen LogP contribution in [0.3, 0.4) is 0 Å². The Kier molecular flexibility index (Phi) is 8.70. The number of hydrogen-bond donors (Lipinski definition) is 1. The number of methoxy groups -OCH3 is 1. The van der Waals surface area contributed by atoms with Gasteiger partial charge in [-0.3, -0.25) is 0 Å². The molecule has 0 atom stereocenters. The molecule has 3 rings (SSSR count). The van der Waals surface area contributed by atoms with Gasteiger partial charge in [0.15, 0.2) is 11.5 Å². The van der Waals surface area contributed by atoms with Crippen molar-refractivity contribution < 1.29 is 13.9 Å². The molecule has 0 aliphatic carbocycles. The molecule has 0 aliphatic rings. The van der Waals surface area contributed by atoms with E-state index in [1.54, 1.807) is 19.2 Å². The van der Waals surface area contributed by atoms with Crippen LogP contribution in [0, 0.1) is 5.82 Å². The van der Waals surface area contributed by atoms with Crippen LogP contribution in [0.2, 0.25) is 20.1 Å². The van der Waals surface area contributed by atoms with Gasteiger partial charge in [-0.2, -0.15) is 0 Å². The van der Waals surface area contributed by atoms with Gasteiger partial charge in [0.05, 0.1) is 17.2 Å². The van der Waals surface area contributed by atoms with Crippen LogP contribution in [0.25, 0.3) is 0 Å². The van der Waals surface area contributed by atoms with E-state index in [2.05, 4.69) is 5.32 Å². The van der Waals surface area contributed by atoms with E-state index >= 15 is 0 Å². The average Bonchev–Trinajstić information content (AvgIpc) is 2.72. The molecule has 8 heteroatoms. The van der Waals surface area contributed by atoms with Crippen molar-refractivity contribution in [2.45, 2.75) is 19.6 Å². The van der Waals surface area contributed by atoms with Gasteiger partial charge in [-0.1, -0.05) is 58.5 Å². The zero-order chi connectivity index (χ0) is 22.4. The number of nitrogens with one attached hydrogen (secondary N) is 1. The number of rotatable bonds is 9. The van der Waals surface area contributed by atoms with Crippen LogP contribution in [0.5, 0.6) is 11.5 Å². The first-order chi connectivity index (χ1) is 14.9. The van der Waals surface area contributed by atoms with E-state index in [1.807, 2.05) is 24.3 Å². The molecular weight excluding hydrogens is 483 g/mol. The number of ether oxygens (including phenoxy) is 2. The Hall–Kier alpha value is -1.69. The van der Waals surface area contributed by atoms with E-state index in [0.717, 1.165) is 24.1 Å². The highest BCUT2D eigenvalue weighted by molar-refractivity contribution is 6.35. The van der Waals surface area contributed by atoms with Crippen molar-refractivity contribution in [2.75, 3.05) is 13.7 Å². The molecule has 0 spiro atoms. The molecule has 3 aromatic rings. The molecule has 0 saturated heterocycles. The van der Waals surface area contributed by atoms with E-state index in [9.17, 15) is 4.39 Å². The van der Waals surface area contributed by atoms with Crippen molar-refractivity contribution in [3.05, 3.63) is 91.1 Å². The van der Waals surface area contributed by atoms with E-state index in [4.69, 9.17) is 55.9 Å². The van der Waals surface area contributed by atoms with Gasteiger partial charge in [0.2, 0.25) is 0 Å². The molecule has 0 aromatic heterocycles. The molecule has 31 heavy (non-hydrogen) atoms. The molecule has 0 amide bonds. The molecule has 0 heterocycles. The standard InChI is InChI=1S/C23H20Cl4FNO2/c1-30-22-9-14(12-29-7-6-15-2-4-17(24)10-19(15)25)8-21(27)23(22)31-13-16-3-5-18(28)11-20(16)26/h2-5,8-11,29H,6-7,12-13H2,1H3. The third kappa shape index (κ3) is 6.64. The third-order valence-corrected chi connectivity index (χ3v) is 5.81. The van der Waals surface area contributed by atoms with E-state index < -0.39 is 5.82 Å². The lowest BCUT2D eigenvalue weighted by Crippen LogP contribution is -2.17. The maximum atomic E-state index is 13.2. The fourth-order valence-electron chi connectivity index (χ4n) is 2.98. The Labute approximate surface area is 201 Å². The Bertz CT molecular complexity index is 1060. The van der Waals surface area contributed by atoms with Gasteiger partial charge in [0.25, 0.3) is 0 Å². The Morgan fingerprint density at radius 2 is 1.61 bits per heavy atom. The summed E-state index contributed by atoms with van der Waals surface area (Å²) in [4.78, 5) is 0. The summed E-state index contributed by atoms with van der Waals surface area (Å²) >= 11 is 24.6. The topological polar surface area (TPSA) is 30.5 Å². The summed E-state index contributed by atoms with van der Waals surface area (Å²) in [6.45, 7) is 1.45. The van der Waals surface area contributed by atoms with Crippen molar-refractivity contribution in [1.29, 1.82) is 0 Å². The predicted molar refractivity (Wildman–Crippen MR) is 126 cm³/mol. The minimum atomic E-state index is -0.403. The monoisotopic (exact) mass is 501 g/mol. The van der Waals surface area contributed by atoms with E-state index in [0.29, 0.717) is 38.7 Å². The van der Waals surface area contributed by atoms with Crippen molar-refractivity contribution in [3.8, 4) is 11.5 Å². The van der Waals surface area contributed by atoms with Crippen molar-refractivity contribution in [1.82, 2.24) is 5.32 Å². The SMILES string of the molecule is COc1cc(CNCCc2ccc(Cl)cc2Cl)cc(Cl)c1OCc1ccc(F)cc1Cl. The maximum Gasteiger partial charge on any atom is 0.180 e. The maximum absolute atomic E-state index is 13.2. The lowest BCUT2D eigenvalue weighted by molar-refractivity contribution is 0.284. The Morgan fingerprint density at radius 1 is 0.871 bits per heavy atom. The average molecular weight is 503 g/mol. The van der Waals surface area contributed by atoms with E-state index in [1.165, 1.54) is 12.1 Å². The normalized spacial score (nSPS) is 10.9. The van der Waals surface area contributed by atoms with Crippen LogP contribution in [-0.2, 0) is 19.6 Å². The van der Waals surface area contributed by atoms with Crippen LogP contribution in [-0.4, -0.2) is 13.7 Å². The number of halogens is 5. The molecule has 0 bridgehead atoms. The van der Waals surface area contributed by atoms with Crippen LogP contribution < -0.4 is 14.8 Å². The second kappa shape index (κ2) is 11.3. The first-order valence-electron chi connectivity index (χ1n) is 9.45. The molecule has 0 fully saturated rings. The fraction of sp³-hybridized carbons (Fsp3) is 0.217. The Balaban J connectivity index is 1.60. The first-order valence-corrected chi connectivity index (χ1v) is 11.0. The van der Waals surface area contributed by atoms with Crippen LogP contribution in [0.4, 0.5) is 4.39 Å². The van der Waals surface area contributed by atoms with Crippen molar-refractivity contribution in [3.63, 3.8) is 0 Å². The van der Waals surface area contributed by atoms with Gasteiger partial charge >= 0.3 is 0 Å². The van der Waals surface area contributed by atoms with E-state index in [-0.39, 0.29) is 11.6 Å². The van der Waals surface area contributed by atoms with Gasteiger partial charge < -0.3 is 14.8 Å². The molecule has 3 nitrogen and oxygen atoms in total. The molecule has 0 saturated carbocycles. The first kappa shape index (κ1) is 24.0. The van der Waals surface area contributed by atoms with Crippen molar-refractivity contribution >= 4 is 46.4 Å². The molecule has 0 aliphatic heterocycles. The van der Waals surface area contributed by atoms with Gasteiger partial charge in [-0.05, 0) is 60.5 Å². The minimum absolute atomic E-state index is 0.134. The molecule has 0 radical (unpaired) electrons. The minimum Gasteiger partial charge on any atom is -0.493 e. The second-order valence-corrected chi connectivity index (χ2v) is 8.45. The Morgan fingerprint density at radius 3 is 2.32 bits per heavy atom. The smallest absolute Gasteiger partial charge is 0.180 e. The largest absolute Gasteiger partial charge is 0.493 e. The summed E-state index contributed by atoms with van der Waals surface area (Å²) in [6, 6.07) is 13.3. The van der Waals surface area contributed by atoms with Gasteiger partial charge in [0.1, 0.15) is 12.4 Å². The summed E-state index contributed by atoms with van der Waals surface area (Å²) < 4.78 is 24.5.